The van der Waals surface area contributed by atoms with Crippen LogP contribution in [0.25, 0.3) is 10.9 Å². The quantitative estimate of drug-likeness (QED) is 0.635. The lowest BCUT2D eigenvalue weighted by molar-refractivity contribution is -0.113. The lowest BCUT2D eigenvalue weighted by Crippen LogP contribution is -2.15. The number of ether oxygens (including phenoxy) is 2. The van der Waals surface area contributed by atoms with Gasteiger partial charge in [-0.15, -0.1) is 0 Å². The molecule has 0 fully saturated rings. The molecule has 3 rings (SSSR count). The number of methoxy groups -OCH3 is 2. The van der Waals surface area contributed by atoms with Crippen LogP contribution in [0.3, 0.4) is 0 Å². The molecule has 7 heteroatoms. The van der Waals surface area contributed by atoms with Crippen LogP contribution in [0.15, 0.2) is 47.5 Å². The predicted molar refractivity (Wildman–Crippen MR) is 105 cm³/mol. The van der Waals surface area contributed by atoms with Gasteiger partial charge in [0.25, 0.3) is 0 Å². The number of halogens is 1. The number of hydrogen-bond donors (Lipinski definition) is 1. The van der Waals surface area contributed by atoms with Crippen molar-refractivity contribution in [1.29, 1.82) is 0 Å². The zero-order valence-electron chi connectivity index (χ0n) is 15.2. The largest absolute Gasteiger partial charge is 0.493 e. The van der Waals surface area contributed by atoms with Gasteiger partial charge in [-0.1, -0.05) is 23.9 Å². The number of anilines is 1. The number of rotatable bonds is 6. The van der Waals surface area contributed by atoms with E-state index < -0.39 is 5.82 Å². The Labute approximate surface area is 160 Å². The van der Waals surface area contributed by atoms with E-state index in [0.29, 0.717) is 11.5 Å². The molecule has 0 bridgehead atoms. The first kappa shape index (κ1) is 19.0. The molecule has 1 heterocycles. The second kappa shape index (κ2) is 8.26. The van der Waals surface area contributed by atoms with Gasteiger partial charge in [0.05, 0.1) is 31.2 Å². The van der Waals surface area contributed by atoms with Gasteiger partial charge < -0.3 is 14.8 Å². The standard InChI is InChI=1S/C20H19FN2O3S/c1-12-8-13-9-17(25-2)18(26-3)10-16(13)23-20(12)27-11-19(24)22-15-7-5-4-6-14(15)21/h4-10H,11H2,1-3H3,(H,22,24). The van der Waals surface area contributed by atoms with Crippen LogP contribution in [0.1, 0.15) is 5.56 Å². The van der Waals surface area contributed by atoms with Crippen molar-refractivity contribution >= 4 is 34.3 Å². The van der Waals surface area contributed by atoms with E-state index in [9.17, 15) is 9.18 Å². The van der Waals surface area contributed by atoms with Gasteiger partial charge in [-0.25, -0.2) is 9.37 Å². The average molecular weight is 386 g/mol. The highest BCUT2D eigenvalue weighted by Crippen LogP contribution is 2.33. The van der Waals surface area contributed by atoms with E-state index in [1.807, 2.05) is 19.1 Å². The molecule has 1 aromatic heterocycles. The van der Waals surface area contributed by atoms with Crippen LogP contribution in [-0.2, 0) is 4.79 Å². The zero-order valence-corrected chi connectivity index (χ0v) is 16.0. The number of amides is 1. The normalized spacial score (nSPS) is 10.7. The number of pyridine rings is 1. The summed E-state index contributed by atoms with van der Waals surface area (Å²) in [4.78, 5) is 16.8. The van der Waals surface area contributed by atoms with Crippen LogP contribution < -0.4 is 14.8 Å². The monoisotopic (exact) mass is 386 g/mol. The number of thioether (sulfide) groups is 1. The van der Waals surface area contributed by atoms with Crippen molar-refractivity contribution in [1.82, 2.24) is 4.98 Å². The molecule has 0 aliphatic heterocycles. The molecule has 0 saturated carbocycles. The van der Waals surface area contributed by atoms with Gasteiger partial charge in [0.2, 0.25) is 5.91 Å². The van der Waals surface area contributed by atoms with Crippen molar-refractivity contribution in [3.05, 3.63) is 53.8 Å². The van der Waals surface area contributed by atoms with E-state index in [0.717, 1.165) is 21.5 Å². The number of nitrogens with zero attached hydrogens (tertiary/aromatic N) is 1. The molecule has 3 aromatic rings. The number of carbonyl (C=O) groups is 1. The Bertz CT molecular complexity index is 994. The van der Waals surface area contributed by atoms with Gasteiger partial charge in [-0.05, 0) is 36.8 Å². The summed E-state index contributed by atoms with van der Waals surface area (Å²) in [5, 5.41) is 4.23. The Hall–Kier alpha value is -2.80. The lowest BCUT2D eigenvalue weighted by atomic mass is 10.1. The van der Waals surface area contributed by atoms with E-state index in [1.165, 1.54) is 23.9 Å². The molecule has 0 radical (unpaired) electrons. The highest BCUT2D eigenvalue weighted by Gasteiger charge is 2.12. The van der Waals surface area contributed by atoms with E-state index in [2.05, 4.69) is 10.3 Å². The highest BCUT2D eigenvalue weighted by molar-refractivity contribution is 8.00. The number of fused-ring (bicyclic) bond motifs is 1. The van der Waals surface area contributed by atoms with Gasteiger partial charge in [-0.2, -0.15) is 0 Å². The molecular formula is C20H19FN2O3S. The molecule has 5 nitrogen and oxygen atoms in total. The van der Waals surface area contributed by atoms with Gasteiger partial charge in [0, 0.05) is 11.5 Å². The van der Waals surface area contributed by atoms with Crippen molar-refractivity contribution < 1.29 is 18.7 Å². The number of carbonyl (C=O) groups excluding carboxylic acids is 1. The topological polar surface area (TPSA) is 60.5 Å². The maximum atomic E-state index is 13.6. The first-order chi connectivity index (χ1) is 13.0. The number of aryl methyl sites for hydroxylation is 1. The molecule has 0 aliphatic carbocycles. The molecule has 0 saturated heterocycles. The molecule has 2 aromatic carbocycles. The molecule has 140 valence electrons. The van der Waals surface area contributed by atoms with Crippen molar-refractivity contribution in [3.8, 4) is 11.5 Å². The van der Waals surface area contributed by atoms with Crippen molar-refractivity contribution in [2.75, 3.05) is 25.3 Å². The molecule has 1 amide bonds. The molecule has 0 atom stereocenters. The minimum absolute atomic E-state index is 0.126. The SMILES string of the molecule is COc1cc2cc(C)c(SCC(=O)Nc3ccccc3F)nc2cc1OC. The second-order valence-electron chi connectivity index (χ2n) is 5.83. The van der Waals surface area contributed by atoms with Gasteiger partial charge >= 0.3 is 0 Å². The van der Waals surface area contributed by atoms with E-state index >= 15 is 0 Å². The van der Waals surface area contributed by atoms with Crippen molar-refractivity contribution in [2.24, 2.45) is 0 Å². The molecule has 27 heavy (non-hydrogen) atoms. The lowest BCUT2D eigenvalue weighted by Gasteiger charge is -2.11. The fourth-order valence-electron chi connectivity index (χ4n) is 2.62. The summed E-state index contributed by atoms with van der Waals surface area (Å²) in [6.07, 6.45) is 0. The van der Waals surface area contributed by atoms with Crippen LogP contribution in [0, 0.1) is 12.7 Å². The highest BCUT2D eigenvalue weighted by atomic mass is 32.2. The predicted octanol–water partition coefficient (Wildman–Crippen LogP) is 4.43. The summed E-state index contributed by atoms with van der Waals surface area (Å²) < 4.78 is 24.3. The maximum absolute atomic E-state index is 13.6. The summed E-state index contributed by atoms with van der Waals surface area (Å²) in [5.74, 6) is 0.599. The Morgan fingerprint density at radius 2 is 1.85 bits per heavy atom. The first-order valence-electron chi connectivity index (χ1n) is 8.22. The van der Waals surface area contributed by atoms with Crippen molar-refractivity contribution in [2.45, 2.75) is 11.9 Å². The number of aromatic nitrogens is 1. The van der Waals surface area contributed by atoms with E-state index in [-0.39, 0.29) is 17.3 Å². The van der Waals surface area contributed by atoms with E-state index in [1.54, 1.807) is 32.4 Å². The van der Waals surface area contributed by atoms with Gasteiger partial charge in [0.15, 0.2) is 11.5 Å². The molecule has 0 spiro atoms. The summed E-state index contributed by atoms with van der Waals surface area (Å²) >= 11 is 1.30. The number of benzene rings is 2. The summed E-state index contributed by atoms with van der Waals surface area (Å²) in [6.45, 7) is 1.93. The zero-order chi connectivity index (χ0) is 19.4. The number of nitrogens with one attached hydrogen (secondary N) is 1. The fraction of sp³-hybridized carbons (Fsp3) is 0.200. The Kier molecular flexibility index (Phi) is 5.81. The Balaban J connectivity index is 1.77. The van der Waals surface area contributed by atoms with Crippen LogP contribution in [0.2, 0.25) is 0 Å². The minimum Gasteiger partial charge on any atom is -0.493 e. The average Bonchev–Trinajstić information content (AvgIpc) is 2.67. The third-order valence-corrected chi connectivity index (χ3v) is 5.05. The van der Waals surface area contributed by atoms with Crippen LogP contribution in [0.4, 0.5) is 10.1 Å². The summed E-state index contributed by atoms with van der Waals surface area (Å²) in [7, 11) is 3.16. The molecule has 0 aliphatic rings. The van der Waals surface area contributed by atoms with Gasteiger partial charge in [0.1, 0.15) is 10.8 Å². The Morgan fingerprint density at radius 1 is 1.15 bits per heavy atom. The second-order valence-corrected chi connectivity index (χ2v) is 6.79. The number of hydrogen-bond acceptors (Lipinski definition) is 5. The van der Waals surface area contributed by atoms with Crippen LogP contribution >= 0.6 is 11.8 Å². The first-order valence-corrected chi connectivity index (χ1v) is 9.21. The molecule has 1 N–H and O–H groups in total. The smallest absolute Gasteiger partial charge is 0.234 e. The van der Waals surface area contributed by atoms with Crippen molar-refractivity contribution in [3.63, 3.8) is 0 Å². The molecular weight excluding hydrogens is 367 g/mol. The Morgan fingerprint density at radius 3 is 2.56 bits per heavy atom. The fourth-order valence-corrected chi connectivity index (χ4v) is 3.41. The number of para-hydroxylation sites is 1. The summed E-state index contributed by atoms with van der Waals surface area (Å²) in [6, 6.07) is 11.7. The third kappa shape index (κ3) is 4.31. The summed E-state index contributed by atoms with van der Waals surface area (Å²) in [5.41, 5.74) is 1.86. The van der Waals surface area contributed by atoms with Crippen LogP contribution in [0.5, 0.6) is 11.5 Å². The minimum atomic E-state index is -0.461. The molecule has 0 unspecified atom stereocenters. The third-order valence-electron chi connectivity index (χ3n) is 3.95. The van der Waals surface area contributed by atoms with Gasteiger partial charge in [-0.3, -0.25) is 4.79 Å². The van der Waals surface area contributed by atoms with E-state index in [4.69, 9.17) is 9.47 Å². The van der Waals surface area contributed by atoms with Crippen LogP contribution in [-0.4, -0.2) is 30.9 Å². The maximum Gasteiger partial charge on any atom is 0.234 e.